The lowest BCUT2D eigenvalue weighted by Crippen LogP contribution is -2.30. The normalized spacial score (nSPS) is 10.1. The number of benzene rings is 1. The molecular formula is C15H16N2O2S. The molecule has 1 amide bonds. The quantitative estimate of drug-likeness (QED) is 0.372. The largest absolute Gasteiger partial charge is 0.489 e. The molecule has 1 heterocycles. The molecule has 0 saturated heterocycles. The molecule has 2 aromatic rings. The molecule has 0 unspecified atom stereocenters. The average Bonchev–Trinajstić information content (AvgIpc) is 2.94. The highest BCUT2D eigenvalue weighted by atomic mass is 32.1. The molecule has 104 valence electrons. The molecule has 2 rings (SSSR count). The predicted molar refractivity (Wildman–Crippen MR) is 80.6 cm³/mol. The van der Waals surface area contributed by atoms with Gasteiger partial charge in [0.2, 0.25) is 0 Å². The second-order valence-electron chi connectivity index (χ2n) is 4.14. The molecule has 0 fully saturated rings. The van der Waals surface area contributed by atoms with Gasteiger partial charge in [-0.1, -0.05) is 24.3 Å². The second kappa shape index (κ2) is 6.88. The van der Waals surface area contributed by atoms with E-state index in [0.29, 0.717) is 11.5 Å². The Bertz CT molecular complexity index is 607. The van der Waals surface area contributed by atoms with E-state index >= 15 is 0 Å². The maximum absolute atomic E-state index is 11.6. The maximum Gasteiger partial charge on any atom is 0.275 e. The Morgan fingerprint density at radius 2 is 2.15 bits per heavy atom. The second-order valence-corrected chi connectivity index (χ2v) is 5.05. The van der Waals surface area contributed by atoms with Crippen molar-refractivity contribution >= 4 is 17.2 Å². The SMILES string of the molecule is C=CCc1ccccc1OCc1ccsc1C(=O)NN. The molecule has 0 aliphatic heterocycles. The summed E-state index contributed by atoms with van der Waals surface area (Å²) in [4.78, 5) is 12.2. The fourth-order valence-electron chi connectivity index (χ4n) is 1.84. The number of hydrazine groups is 1. The van der Waals surface area contributed by atoms with E-state index in [9.17, 15) is 4.79 Å². The van der Waals surface area contributed by atoms with Gasteiger partial charge in [0.05, 0.1) is 4.88 Å². The molecular weight excluding hydrogens is 272 g/mol. The summed E-state index contributed by atoms with van der Waals surface area (Å²) in [6.07, 6.45) is 2.58. The molecule has 3 N–H and O–H groups in total. The molecule has 0 bridgehead atoms. The van der Waals surface area contributed by atoms with Crippen molar-refractivity contribution in [3.63, 3.8) is 0 Å². The Hall–Kier alpha value is -2.11. The van der Waals surface area contributed by atoms with Gasteiger partial charge in [-0.3, -0.25) is 10.2 Å². The third-order valence-electron chi connectivity index (χ3n) is 2.80. The molecule has 5 heteroatoms. The summed E-state index contributed by atoms with van der Waals surface area (Å²) in [5.74, 6) is 5.67. The Kier molecular flexibility index (Phi) is 4.92. The monoisotopic (exact) mass is 288 g/mol. The van der Waals surface area contributed by atoms with Gasteiger partial charge in [0, 0.05) is 5.56 Å². The lowest BCUT2D eigenvalue weighted by Gasteiger charge is -2.10. The standard InChI is InChI=1S/C15H16N2O2S/c1-2-5-11-6-3-4-7-13(11)19-10-12-8-9-20-14(12)15(18)17-16/h2-4,6-9H,1,5,10,16H2,(H,17,18). The maximum atomic E-state index is 11.6. The van der Waals surface area contributed by atoms with E-state index < -0.39 is 0 Å². The van der Waals surface area contributed by atoms with Crippen LogP contribution in [0.1, 0.15) is 20.8 Å². The van der Waals surface area contributed by atoms with Crippen LogP contribution in [0.25, 0.3) is 0 Å². The fraction of sp³-hybridized carbons (Fsp3) is 0.133. The number of amides is 1. The van der Waals surface area contributed by atoms with E-state index in [1.54, 1.807) is 0 Å². The summed E-state index contributed by atoms with van der Waals surface area (Å²) in [6, 6.07) is 9.66. The number of carbonyl (C=O) groups excluding carboxylic acids is 1. The summed E-state index contributed by atoms with van der Waals surface area (Å²) in [6.45, 7) is 4.07. The Labute approximate surface area is 121 Å². The van der Waals surface area contributed by atoms with Crippen LogP contribution in [0.3, 0.4) is 0 Å². The van der Waals surface area contributed by atoms with Crippen molar-refractivity contribution < 1.29 is 9.53 Å². The number of para-hydroxylation sites is 1. The molecule has 0 aliphatic carbocycles. The van der Waals surface area contributed by atoms with Gasteiger partial charge in [-0.15, -0.1) is 17.9 Å². The number of hydrogen-bond donors (Lipinski definition) is 2. The molecule has 0 saturated carbocycles. The lowest BCUT2D eigenvalue weighted by molar-refractivity contribution is 0.0955. The number of ether oxygens (including phenoxy) is 1. The minimum Gasteiger partial charge on any atom is -0.489 e. The molecule has 0 radical (unpaired) electrons. The Balaban J connectivity index is 2.11. The van der Waals surface area contributed by atoms with E-state index in [1.807, 2.05) is 41.8 Å². The van der Waals surface area contributed by atoms with Gasteiger partial charge in [-0.05, 0) is 29.5 Å². The van der Waals surface area contributed by atoms with E-state index in [2.05, 4.69) is 12.0 Å². The van der Waals surface area contributed by atoms with Crippen LogP contribution in [0.4, 0.5) is 0 Å². The number of nitrogen functional groups attached to an aromatic ring is 1. The predicted octanol–water partition coefficient (Wildman–Crippen LogP) is 2.66. The van der Waals surface area contributed by atoms with Gasteiger partial charge in [0.1, 0.15) is 12.4 Å². The summed E-state index contributed by atoms with van der Waals surface area (Å²) in [5.41, 5.74) is 4.04. The first-order valence-electron chi connectivity index (χ1n) is 6.15. The van der Waals surface area contributed by atoms with Crippen molar-refractivity contribution in [2.45, 2.75) is 13.0 Å². The van der Waals surface area contributed by atoms with Crippen LogP contribution in [0.2, 0.25) is 0 Å². The summed E-state index contributed by atoms with van der Waals surface area (Å²) < 4.78 is 5.81. The van der Waals surface area contributed by atoms with E-state index in [0.717, 1.165) is 23.3 Å². The highest BCUT2D eigenvalue weighted by molar-refractivity contribution is 7.12. The number of rotatable bonds is 6. The minimum absolute atomic E-state index is 0.294. The van der Waals surface area contributed by atoms with Crippen LogP contribution in [-0.2, 0) is 13.0 Å². The van der Waals surface area contributed by atoms with Crippen LogP contribution in [-0.4, -0.2) is 5.91 Å². The van der Waals surface area contributed by atoms with Crippen molar-refractivity contribution in [2.24, 2.45) is 5.84 Å². The Morgan fingerprint density at radius 1 is 1.35 bits per heavy atom. The zero-order chi connectivity index (χ0) is 14.4. The van der Waals surface area contributed by atoms with E-state index in [-0.39, 0.29) is 5.91 Å². The number of thiophene rings is 1. The molecule has 20 heavy (non-hydrogen) atoms. The van der Waals surface area contributed by atoms with Crippen molar-refractivity contribution in [3.8, 4) is 5.75 Å². The fourth-order valence-corrected chi connectivity index (χ4v) is 2.65. The van der Waals surface area contributed by atoms with Crippen molar-refractivity contribution in [3.05, 3.63) is 64.4 Å². The van der Waals surface area contributed by atoms with Crippen LogP contribution in [0.15, 0.2) is 48.4 Å². The topological polar surface area (TPSA) is 64.3 Å². The van der Waals surface area contributed by atoms with Gasteiger partial charge in [-0.25, -0.2) is 5.84 Å². The van der Waals surface area contributed by atoms with E-state index in [4.69, 9.17) is 10.6 Å². The van der Waals surface area contributed by atoms with Crippen molar-refractivity contribution in [1.82, 2.24) is 5.43 Å². The van der Waals surface area contributed by atoms with Crippen LogP contribution in [0, 0.1) is 0 Å². The Morgan fingerprint density at radius 3 is 2.90 bits per heavy atom. The van der Waals surface area contributed by atoms with Gasteiger partial charge >= 0.3 is 0 Å². The van der Waals surface area contributed by atoms with Gasteiger partial charge < -0.3 is 4.74 Å². The van der Waals surface area contributed by atoms with Crippen molar-refractivity contribution in [2.75, 3.05) is 0 Å². The summed E-state index contributed by atoms with van der Waals surface area (Å²) in [5, 5.41) is 1.85. The lowest BCUT2D eigenvalue weighted by atomic mass is 10.1. The average molecular weight is 288 g/mol. The molecule has 0 aliphatic rings. The first-order chi connectivity index (χ1) is 9.76. The number of carbonyl (C=O) groups is 1. The van der Waals surface area contributed by atoms with Crippen molar-refractivity contribution in [1.29, 1.82) is 0 Å². The smallest absolute Gasteiger partial charge is 0.275 e. The third-order valence-corrected chi connectivity index (χ3v) is 3.76. The first-order valence-corrected chi connectivity index (χ1v) is 7.03. The summed E-state index contributed by atoms with van der Waals surface area (Å²) in [7, 11) is 0. The number of nitrogens with one attached hydrogen (secondary N) is 1. The molecule has 1 aromatic heterocycles. The highest BCUT2D eigenvalue weighted by Crippen LogP contribution is 2.23. The zero-order valence-corrected chi connectivity index (χ0v) is 11.8. The zero-order valence-electron chi connectivity index (χ0n) is 11.0. The minimum atomic E-state index is -0.294. The highest BCUT2D eigenvalue weighted by Gasteiger charge is 2.12. The number of hydrogen-bond acceptors (Lipinski definition) is 4. The summed E-state index contributed by atoms with van der Waals surface area (Å²) >= 11 is 1.34. The molecule has 1 aromatic carbocycles. The molecule has 0 atom stereocenters. The van der Waals surface area contributed by atoms with Crippen LogP contribution >= 0.6 is 11.3 Å². The van der Waals surface area contributed by atoms with Crippen LogP contribution < -0.4 is 16.0 Å². The number of allylic oxidation sites excluding steroid dienone is 1. The third kappa shape index (κ3) is 3.26. The molecule has 4 nitrogen and oxygen atoms in total. The van der Waals surface area contributed by atoms with Crippen LogP contribution in [0.5, 0.6) is 5.75 Å². The number of nitrogens with two attached hydrogens (primary N) is 1. The first kappa shape index (κ1) is 14.3. The van der Waals surface area contributed by atoms with Gasteiger partial charge in [0.25, 0.3) is 5.91 Å². The molecule has 0 spiro atoms. The van der Waals surface area contributed by atoms with Gasteiger partial charge in [0.15, 0.2) is 0 Å². The van der Waals surface area contributed by atoms with E-state index in [1.165, 1.54) is 11.3 Å². The van der Waals surface area contributed by atoms with Gasteiger partial charge in [-0.2, -0.15) is 0 Å².